The largest absolute Gasteiger partial charge is 0.381 e. The second-order valence-electron chi connectivity index (χ2n) is 5.12. The van der Waals surface area contributed by atoms with E-state index < -0.39 is 0 Å². The van der Waals surface area contributed by atoms with Crippen LogP contribution in [-0.2, 0) is 4.74 Å². The van der Waals surface area contributed by atoms with Gasteiger partial charge in [0.15, 0.2) is 0 Å². The van der Waals surface area contributed by atoms with Crippen molar-refractivity contribution in [1.82, 2.24) is 4.98 Å². The highest BCUT2D eigenvalue weighted by Gasteiger charge is 2.22. The Morgan fingerprint density at radius 2 is 2.05 bits per heavy atom. The van der Waals surface area contributed by atoms with Gasteiger partial charge in [0.2, 0.25) is 0 Å². The van der Waals surface area contributed by atoms with E-state index in [1.54, 1.807) is 0 Å². The molecule has 1 saturated heterocycles. The lowest BCUT2D eigenvalue weighted by atomic mass is 10.1. The zero-order valence-corrected chi connectivity index (χ0v) is 11.5. The molecule has 1 aromatic carbocycles. The smallest absolute Gasteiger partial charge is 0.147 e. The van der Waals surface area contributed by atoms with E-state index in [1.165, 1.54) is 0 Å². The number of ether oxygens (including phenoxy) is 1. The molecule has 0 spiro atoms. The Kier molecular flexibility index (Phi) is 3.53. The van der Waals surface area contributed by atoms with E-state index in [0.29, 0.717) is 11.6 Å². The molecule has 0 aliphatic carbocycles. The maximum Gasteiger partial charge on any atom is 0.147 e. The van der Waals surface area contributed by atoms with E-state index in [-0.39, 0.29) is 0 Å². The van der Waals surface area contributed by atoms with Crippen LogP contribution in [0.2, 0.25) is 0 Å². The molecule has 0 atom stereocenters. The standard InChI is InChI=1S/C16H17N3O/c1-19(14-6-8-20-9-7-14)16-13(11-17)10-12-4-2-3-5-15(12)18-16/h2-5,10,14H,6-9H2,1H3. The van der Waals surface area contributed by atoms with Crippen molar-refractivity contribution in [3.05, 3.63) is 35.9 Å². The Hall–Kier alpha value is -2.12. The molecule has 102 valence electrons. The summed E-state index contributed by atoms with van der Waals surface area (Å²) in [7, 11) is 2.02. The van der Waals surface area contributed by atoms with Crippen LogP contribution in [0.3, 0.4) is 0 Å². The van der Waals surface area contributed by atoms with Crippen molar-refractivity contribution in [1.29, 1.82) is 5.26 Å². The van der Waals surface area contributed by atoms with E-state index in [0.717, 1.165) is 42.8 Å². The number of anilines is 1. The number of para-hydroxylation sites is 1. The first kappa shape index (κ1) is 12.9. The molecule has 1 aliphatic rings. The Morgan fingerprint density at radius 3 is 2.80 bits per heavy atom. The fourth-order valence-electron chi connectivity index (χ4n) is 2.70. The minimum absolute atomic E-state index is 0.393. The molecule has 0 amide bonds. The van der Waals surface area contributed by atoms with Crippen molar-refractivity contribution < 1.29 is 4.74 Å². The number of aromatic nitrogens is 1. The summed E-state index contributed by atoms with van der Waals surface area (Å²) < 4.78 is 5.40. The van der Waals surface area contributed by atoms with Gasteiger partial charge in [-0.2, -0.15) is 5.26 Å². The first-order valence-electron chi connectivity index (χ1n) is 6.90. The highest BCUT2D eigenvalue weighted by Crippen LogP contribution is 2.26. The summed E-state index contributed by atoms with van der Waals surface area (Å²) >= 11 is 0. The number of benzene rings is 1. The zero-order valence-electron chi connectivity index (χ0n) is 11.5. The number of rotatable bonds is 2. The zero-order chi connectivity index (χ0) is 13.9. The van der Waals surface area contributed by atoms with E-state index in [9.17, 15) is 5.26 Å². The summed E-state index contributed by atoms with van der Waals surface area (Å²) in [6.07, 6.45) is 1.96. The molecule has 0 saturated carbocycles. The molecule has 20 heavy (non-hydrogen) atoms. The summed E-state index contributed by atoms with van der Waals surface area (Å²) in [6, 6.07) is 12.5. The van der Waals surface area contributed by atoms with Gasteiger partial charge >= 0.3 is 0 Å². The molecule has 2 heterocycles. The van der Waals surface area contributed by atoms with Gasteiger partial charge in [-0.3, -0.25) is 0 Å². The lowest BCUT2D eigenvalue weighted by Crippen LogP contribution is -2.37. The second-order valence-corrected chi connectivity index (χ2v) is 5.12. The molecular weight excluding hydrogens is 250 g/mol. The van der Waals surface area contributed by atoms with Gasteiger partial charge in [0, 0.05) is 31.7 Å². The molecule has 1 aliphatic heterocycles. The van der Waals surface area contributed by atoms with Crippen LogP contribution in [0.5, 0.6) is 0 Å². The molecule has 4 nitrogen and oxygen atoms in total. The van der Waals surface area contributed by atoms with Gasteiger partial charge in [-0.05, 0) is 25.0 Å². The van der Waals surface area contributed by atoms with E-state index in [1.807, 2.05) is 37.4 Å². The highest BCUT2D eigenvalue weighted by molar-refractivity contribution is 5.83. The number of hydrogen-bond acceptors (Lipinski definition) is 4. The average Bonchev–Trinajstić information content (AvgIpc) is 2.53. The van der Waals surface area contributed by atoms with Gasteiger partial charge in [0.1, 0.15) is 11.9 Å². The average molecular weight is 267 g/mol. The summed E-state index contributed by atoms with van der Waals surface area (Å²) in [5.41, 5.74) is 1.57. The number of fused-ring (bicyclic) bond motifs is 1. The van der Waals surface area contributed by atoms with Crippen molar-refractivity contribution in [2.45, 2.75) is 18.9 Å². The first-order valence-corrected chi connectivity index (χ1v) is 6.90. The molecule has 0 radical (unpaired) electrons. The van der Waals surface area contributed by atoms with Crippen LogP contribution in [0.1, 0.15) is 18.4 Å². The third-order valence-electron chi connectivity index (χ3n) is 3.90. The van der Waals surface area contributed by atoms with Crippen molar-refractivity contribution >= 4 is 16.7 Å². The van der Waals surface area contributed by atoms with Gasteiger partial charge in [0.05, 0.1) is 11.1 Å². The monoisotopic (exact) mass is 267 g/mol. The van der Waals surface area contributed by atoms with Crippen LogP contribution in [0.4, 0.5) is 5.82 Å². The molecule has 0 bridgehead atoms. The van der Waals surface area contributed by atoms with Crippen LogP contribution in [0, 0.1) is 11.3 Å². The predicted molar refractivity (Wildman–Crippen MR) is 78.7 cm³/mol. The molecule has 0 unspecified atom stereocenters. The second kappa shape index (κ2) is 5.48. The summed E-state index contributed by atoms with van der Waals surface area (Å²) in [4.78, 5) is 6.82. The lowest BCUT2D eigenvalue weighted by Gasteiger charge is -2.32. The Morgan fingerprint density at radius 1 is 1.30 bits per heavy atom. The molecule has 0 N–H and O–H groups in total. The lowest BCUT2D eigenvalue weighted by molar-refractivity contribution is 0.0853. The van der Waals surface area contributed by atoms with Crippen molar-refractivity contribution in [2.24, 2.45) is 0 Å². The maximum absolute atomic E-state index is 9.38. The van der Waals surface area contributed by atoms with Gasteiger partial charge in [-0.15, -0.1) is 0 Å². The normalized spacial score (nSPS) is 16.0. The van der Waals surface area contributed by atoms with Crippen LogP contribution < -0.4 is 4.90 Å². The molecule has 1 aromatic heterocycles. The van der Waals surface area contributed by atoms with Crippen LogP contribution in [0.25, 0.3) is 10.9 Å². The Labute approximate surface area is 118 Å². The summed E-state index contributed by atoms with van der Waals surface area (Å²) in [5.74, 6) is 0.776. The Balaban J connectivity index is 2.02. The summed E-state index contributed by atoms with van der Waals surface area (Å²) in [6.45, 7) is 1.56. The third-order valence-corrected chi connectivity index (χ3v) is 3.90. The SMILES string of the molecule is CN(c1nc2ccccc2cc1C#N)C1CCOCC1. The van der Waals surface area contributed by atoms with E-state index in [4.69, 9.17) is 4.74 Å². The molecule has 2 aromatic rings. The van der Waals surface area contributed by atoms with Gasteiger partial charge in [-0.25, -0.2) is 4.98 Å². The molecule has 1 fully saturated rings. The van der Waals surface area contributed by atoms with Crippen LogP contribution in [-0.4, -0.2) is 31.3 Å². The number of nitriles is 1. The van der Waals surface area contributed by atoms with E-state index in [2.05, 4.69) is 16.0 Å². The topological polar surface area (TPSA) is 49.2 Å². The van der Waals surface area contributed by atoms with Gasteiger partial charge in [-0.1, -0.05) is 18.2 Å². The molecule has 3 rings (SSSR count). The van der Waals surface area contributed by atoms with E-state index >= 15 is 0 Å². The van der Waals surface area contributed by atoms with Crippen LogP contribution in [0.15, 0.2) is 30.3 Å². The Bertz CT molecular complexity index is 656. The van der Waals surface area contributed by atoms with Gasteiger partial charge < -0.3 is 9.64 Å². The molecular formula is C16H17N3O. The first-order chi connectivity index (χ1) is 9.79. The summed E-state index contributed by atoms with van der Waals surface area (Å²) in [5, 5.41) is 10.4. The number of hydrogen-bond donors (Lipinski definition) is 0. The predicted octanol–water partition coefficient (Wildman–Crippen LogP) is 2.72. The van der Waals surface area contributed by atoms with Crippen LogP contribution >= 0.6 is 0 Å². The number of pyridine rings is 1. The minimum atomic E-state index is 0.393. The minimum Gasteiger partial charge on any atom is -0.381 e. The fourth-order valence-corrected chi connectivity index (χ4v) is 2.70. The van der Waals surface area contributed by atoms with Crippen molar-refractivity contribution in [3.63, 3.8) is 0 Å². The highest BCUT2D eigenvalue weighted by atomic mass is 16.5. The maximum atomic E-state index is 9.38. The molecule has 4 heteroatoms. The number of nitrogens with zero attached hydrogens (tertiary/aromatic N) is 3. The van der Waals surface area contributed by atoms with Crippen molar-refractivity contribution in [3.8, 4) is 6.07 Å². The quantitative estimate of drug-likeness (QED) is 0.839. The fraction of sp³-hybridized carbons (Fsp3) is 0.375. The van der Waals surface area contributed by atoms with Gasteiger partial charge in [0.25, 0.3) is 0 Å². The van der Waals surface area contributed by atoms with Crippen molar-refractivity contribution in [2.75, 3.05) is 25.2 Å². The third kappa shape index (κ3) is 2.33.